The van der Waals surface area contributed by atoms with Gasteiger partial charge in [0.15, 0.2) is 17.3 Å². The maximum atomic E-state index is 12.6. The first-order valence-corrected chi connectivity index (χ1v) is 6.34. The molecule has 106 valence electrons. The molecule has 0 aromatic heterocycles. The van der Waals surface area contributed by atoms with Crippen molar-refractivity contribution in [3.05, 3.63) is 47.0 Å². The second kappa shape index (κ2) is 3.48. The van der Waals surface area contributed by atoms with E-state index in [0.717, 1.165) is 0 Å². The Morgan fingerprint density at radius 1 is 1.19 bits per heavy atom. The molecular formula is C15H11NO5. The number of carbonyl (C=O) groups is 1. The van der Waals surface area contributed by atoms with Gasteiger partial charge in [0.2, 0.25) is 5.79 Å². The number of carbonyl (C=O) groups excluding carboxylic acids is 1. The lowest BCUT2D eigenvalue weighted by atomic mass is 9.92. The molecule has 1 unspecified atom stereocenters. The summed E-state index contributed by atoms with van der Waals surface area (Å²) in [7, 11) is 0. The molecule has 0 bridgehead atoms. The minimum Gasteiger partial charge on any atom is -0.504 e. The molecule has 0 saturated carbocycles. The molecule has 0 amide bonds. The number of aromatic hydroxyl groups is 2. The van der Waals surface area contributed by atoms with Gasteiger partial charge in [0.1, 0.15) is 11.7 Å². The topological polar surface area (TPSA) is 113 Å². The minimum absolute atomic E-state index is 0.166. The molecule has 1 heterocycles. The number of benzene rings is 2. The number of hydrogen-bond acceptors (Lipinski definition) is 6. The van der Waals surface area contributed by atoms with Crippen molar-refractivity contribution in [3.8, 4) is 17.2 Å². The molecular weight excluding hydrogens is 274 g/mol. The van der Waals surface area contributed by atoms with Gasteiger partial charge in [0.25, 0.3) is 0 Å². The fraction of sp³-hybridized carbons (Fsp3) is 0.133. The van der Waals surface area contributed by atoms with Crippen LogP contribution in [0, 0.1) is 0 Å². The maximum Gasteiger partial charge on any atom is 0.250 e. The third-order valence-electron chi connectivity index (χ3n) is 4.07. The SMILES string of the molecule is Nc1cccc2c1C(=O)C1c3cc(O)c(O)cc3O[C@]21O. The van der Waals surface area contributed by atoms with Crippen molar-refractivity contribution in [2.75, 3.05) is 5.73 Å². The molecule has 5 N–H and O–H groups in total. The van der Waals surface area contributed by atoms with E-state index in [-0.39, 0.29) is 34.3 Å². The quantitative estimate of drug-likeness (QED) is 0.427. The highest BCUT2D eigenvalue weighted by atomic mass is 16.6. The van der Waals surface area contributed by atoms with Crippen LogP contribution in [0.4, 0.5) is 5.69 Å². The standard InChI is InChI=1S/C15H11NO5/c16-8-3-1-2-7-12(8)14(19)13-6-4-9(17)10(18)5-11(6)21-15(7,13)20/h1-5,13,17-18,20H,16H2/t13?,15-/m1/s1. The van der Waals surface area contributed by atoms with Crippen LogP contribution in [0.1, 0.15) is 27.4 Å². The van der Waals surface area contributed by atoms with Gasteiger partial charge in [0, 0.05) is 22.9 Å². The molecule has 0 saturated heterocycles. The van der Waals surface area contributed by atoms with E-state index in [4.69, 9.17) is 10.5 Å². The van der Waals surface area contributed by atoms with Crippen molar-refractivity contribution >= 4 is 11.5 Å². The van der Waals surface area contributed by atoms with E-state index in [1.807, 2.05) is 0 Å². The summed E-state index contributed by atoms with van der Waals surface area (Å²) >= 11 is 0. The number of nitrogens with two attached hydrogens (primary N) is 1. The summed E-state index contributed by atoms with van der Waals surface area (Å²) in [6, 6.07) is 7.20. The Balaban J connectivity index is 1.99. The predicted octanol–water partition coefficient (Wildman–Crippen LogP) is 1.20. The first kappa shape index (κ1) is 12.0. The Labute approximate surface area is 119 Å². The van der Waals surface area contributed by atoms with Crippen LogP contribution in [-0.4, -0.2) is 21.1 Å². The summed E-state index contributed by atoms with van der Waals surface area (Å²) in [5.41, 5.74) is 6.96. The molecule has 4 rings (SSSR count). The summed E-state index contributed by atoms with van der Waals surface area (Å²) in [6.45, 7) is 0. The molecule has 6 heteroatoms. The van der Waals surface area contributed by atoms with Crippen LogP contribution in [0.2, 0.25) is 0 Å². The lowest BCUT2D eigenvalue weighted by Gasteiger charge is -2.22. The molecule has 21 heavy (non-hydrogen) atoms. The highest BCUT2D eigenvalue weighted by molar-refractivity contribution is 6.11. The van der Waals surface area contributed by atoms with Gasteiger partial charge in [-0.15, -0.1) is 0 Å². The fourth-order valence-corrected chi connectivity index (χ4v) is 3.14. The van der Waals surface area contributed by atoms with Gasteiger partial charge >= 0.3 is 0 Å². The van der Waals surface area contributed by atoms with E-state index < -0.39 is 11.7 Å². The minimum atomic E-state index is -1.86. The van der Waals surface area contributed by atoms with Crippen LogP contribution in [0.5, 0.6) is 17.2 Å². The van der Waals surface area contributed by atoms with Crippen LogP contribution in [-0.2, 0) is 5.79 Å². The molecule has 1 aliphatic heterocycles. The van der Waals surface area contributed by atoms with Crippen molar-refractivity contribution in [3.63, 3.8) is 0 Å². The van der Waals surface area contributed by atoms with Crippen LogP contribution >= 0.6 is 0 Å². The third kappa shape index (κ3) is 1.27. The number of fused-ring (bicyclic) bond motifs is 5. The first-order valence-electron chi connectivity index (χ1n) is 6.34. The third-order valence-corrected chi connectivity index (χ3v) is 4.07. The van der Waals surface area contributed by atoms with Gasteiger partial charge in [-0.05, 0) is 12.1 Å². The van der Waals surface area contributed by atoms with Crippen molar-refractivity contribution in [2.24, 2.45) is 0 Å². The Hall–Kier alpha value is -2.73. The second-order valence-electron chi connectivity index (χ2n) is 5.24. The van der Waals surface area contributed by atoms with Crippen molar-refractivity contribution < 1.29 is 24.9 Å². The molecule has 2 aromatic carbocycles. The Kier molecular flexibility index (Phi) is 1.99. The second-order valence-corrected chi connectivity index (χ2v) is 5.24. The zero-order valence-corrected chi connectivity index (χ0v) is 10.7. The lowest BCUT2D eigenvalue weighted by molar-refractivity contribution is -0.134. The number of aliphatic hydroxyl groups is 1. The average Bonchev–Trinajstić information content (AvgIpc) is 2.82. The van der Waals surface area contributed by atoms with E-state index in [1.54, 1.807) is 18.2 Å². The van der Waals surface area contributed by atoms with E-state index in [0.29, 0.717) is 11.1 Å². The molecule has 0 radical (unpaired) electrons. The number of ether oxygens (including phenoxy) is 1. The number of nitrogen functional groups attached to an aromatic ring is 1. The smallest absolute Gasteiger partial charge is 0.250 e. The highest BCUT2D eigenvalue weighted by Crippen LogP contribution is 2.57. The molecule has 2 aromatic rings. The van der Waals surface area contributed by atoms with E-state index in [9.17, 15) is 20.1 Å². The van der Waals surface area contributed by atoms with E-state index >= 15 is 0 Å². The van der Waals surface area contributed by atoms with Gasteiger partial charge in [-0.3, -0.25) is 4.79 Å². The zero-order chi connectivity index (χ0) is 14.9. The van der Waals surface area contributed by atoms with E-state index in [2.05, 4.69) is 0 Å². The van der Waals surface area contributed by atoms with Gasteiger partial charge in [-0.1, -0.05) is 12.1 Å². The van der Waals surface area contributed by atoms with Gasteiger partial charge in [-0.2, -0.15) is 0 Å². The fourth-order valence-electron chi connectivity index (χ4n) is 3.14. The summed E-state index contributed by atoms with van der Waals surface area (Å²) in [4.78, 5) is 12.6. The molecule has 0 spiro atoms. The van der Waals surface area contributed by atoms with Crippen molar-refractivity contribution in [1.29, 1.82) is 0 Å². The molecule has 1 aliphatic carbocycles. The summed E-state index contributed by atoms with van der Waals surface area (Å²) in [5, 5.41) is 30.0. The molecule has 2 atom stereocenters. The molecule has 2 aliphatic rings. The van der Waals surface area contributed by atoms with Crippen LogP contribution in [0.15, 0.2) is 30.3 Å². The number of phenols is 2. The number of phenolic OH excluding ortho intramolecular Hbond substituents is 2. The Bertz CT molecular complexity index is 816. The monoisotopic (exact) mass is 285 g/mol. The predicted molar refractivity (Wildman–Crippen MR) is 72.2 cm³/mol. The van der Waals surface area contributed by atoms with E-state index in [1.165, 1.54) is 12.1 Å². The van der Waals surface area contributed by atoms with Crippen LogP contribution < -0.4 is 10.5 Å². The number of anilines is 1. The number of Topliss-reactive ketones (excluding diaryl/α,β-unsaturated/α-hetero) is 1. The van der Waals surface area contributed by atoms with Gasteiger partial charge in [-0.25, -0.2) is 0 Å². The van der Waals surface area contributed by atoms with Crippen LogP contribution in [0.3, 0.4) is 0 Å². The zero-order valence-electron chi connectivity index (χ0n) is 10.7. The van der Waals surface area contributed by atoms with Gasteiger partial charge < -0.3 is 25.8 Å². The Morgan fingerprint density at radius 2 is 1.90 bits per heavy atom. The van der Waals surface area contributed by atoms with Crippen LogP contribution in [0.25, 0.3) is 0 Å². The van der Waals surface area contributed by atoms with Crippen molar-refractivity contribution in [1.82, 2.24) is 0 Å². The Morgan fingerprint density at radius 3 is 2.67 bits per heavy atom. The maximum absolute atomic E-state index is 12.6. The summed E-state index contributed by atoms with van der Waals surface area (Å²) < 4.78 is 5.51. The van der Waals surface area contributed by atoms with Gasteiger partial charge in [0.05, 0.1) is 5.56 Å². The average molecular weight is 285 g/mol. The number of ketones is 1. The largest absolute Gasteiger partial charge is 0.504 e. The highest BCUT2D eigenvalue weighted by Gasteiger charge is 2.59. The van der Waals surface area contributed by atoms with Crippen molar-refractivity contribution in [2.45, 2.75) is 11.7 Å². The summed E-state index contributed by atoms with van der Waals surface area (Å²) in [6.07, 6.45) is 0. The number of hydrogen-bond donors (Lipinski definition) is 4. The normalized spacial score (nSPS) is 25.2. The first-order chi connectivity index (χ1) is 9.93. The summed E-state index contributed by atoms with van der Waals surface area (Å²) in [5.74, 6) is -3.81. The molecule has 6 nitrogen and oxygen atoms in total. The molecule has 0 fully saturated rings. The number of rotatable bonds is 0. The lowest BCUT2D eigenvalue weighted by Crippen LogP contribution is -2.32.